The second-order valence-corrected chi connectivity index (χ2v) is 85.4. The van der Waals surface area contributed by atoms with Gasteiger partial charge in [0.25, 0.3) is 5.91 Å². The van der Waals surface area contributed by atoms with Crippen molar-refractivity contribution in [2.75, 3.05) is 32.4 Å². The van der Waals surface area contributed by atoms with Crippen molar-refractivity contribution >= 4 is 409 Å². The molecule has 2 aromatic carbocycles. The molecule has 4 aromatic rings. The highest BCUT2D eigenvalue weighted by Gasteiger charge is 2.23. The first-order valence-corrected chi connectivity index (χ1v) is 76.8. The van der Waals surface area contributed by atoms with E-state index < -0.39 is 17.9 Å². The normalized spacial score (nSPS) is 9.76. The van der Waals surface area contributed by atoms with Gasteiger partial charge in [0.2, 0.25) is 0 Å². The number of rotatable bonds is 5. The van der Waals surface area contributed by atoms with E-state index in [1.165, 1.54) is 92.2 Å². The number of amides is 1. The molecule has 52 heteroatoms. The maximum absolute atomic E-state index is 12.7. The number of aromatic nitrogens is 2. The van der Waals surface area contributed by atoms with Crippen LogP contribution in [-0.2, 0) is 409 Å². The minimum Gasteiger partial charge on any atom is -0.464 e. The fourth-order valence-corrected chi connectivity index (χ4v) is 95.9. The molecule has 0 unspecified atom stereocenters. The van der Waals surface area contributed by atoms with Gasteiger partial charge in [0.1, 0.15) is 22.8 Å². The summed E-state index contributed by atoms with van der Waals surface area (Å²) in [6.45, 7) is 26.1. The van der Waals surface area contributed by atoms with Gasteiger partial charge < -0.3 is 25.3 Å². The standard InChI is InChI=1S/C22H28N2O3.C14H23N.C9H9NO4.S21.S20/c1-21(2,3)14-11-15(22(4,5)6)13-16(12-14)23-19(25)17-9-8-10-18(24-17)20(26)27-7;1-13(2,3)10-7-11(14(4,5)6)9-12(15)8-10;1-13-8(11)6-4-3-5-7(10-6)9(12)14-2;1-3-5-7-9-11-13-15-17-19-21-20-18-16-14-12-10-8-6-4-2;1-3-5-7-9-11-13-15-17-19-20-18-16-14-12-10-8-6-4-2/h8-13H,1-7H3,(H,23,25);7-9H,15H2,1-6H3;3-5H,1-2H3;;. The first-order chi connectivity index (χ1) is 46.0. The van der Waals surface area contributed by atoms with Gasteiger partial charge in [0, 0.05) is 385 Å². The smallest absolute Gasteiger partial charge is 0.356 e. The minimum absolute atomic E-state index is 0.0518. The highest BCUT2D eigenvalue weighted by atomic mass is 33.5. The topological polar surface area (TPSA) is 160 Å². The fourth-order valence-electron chi connectivity index (χ4n) is 5.30. The van der Waals surface area contributed by atoms with E-state index in [9.17, 15) is 19.2 Å². The van der Waals surface area contributed by atoms with Gasteiger partial charge in [-0.2, -0.15) is 0 Å². The molecule has 1 amide bonds. The van der Waals surface area contributed by atoms with Crippen LogP contribution in [0.25, 0.3) is 0 Å². The molecule has 0 aliphatic rings. The van der Waals surface area contributed by atoms with Crippen LogP contribution in [0.4, 0.5) is 11.4 Å². The summed E-state index contributed by atoms with van der Waals surface area (Å²) in [7, 11) is 67.2. The molecular formula is C45H60N4O7S41. The molecule has 2 heterocycles. The van der Waals surface area contributed by atoms with Gasteiger partial charge >= 0.3 is 17.9 Å². The Bertz CT molecular complexity index is 5010. The summed E-state index contributed by atoms with van der Waals surface area (Å²) in [5.74, 6) is -2.12. The molecule has 0 bridgehead atoms. The number of hydrogen-bond donors (Lipinski definition) is 2. The molecule has 0 atom stereocenters. The molecule has 0 saturated carbocycles. The van der Waals surface area contributed by atoms with Crippen LogP contribution in [0.15, 0.2) is 72.8 Å². The molecule has 2 aromatic heterocycles. The Kier molecular flexibility index (Phi) is 64.4. The molecule has 3 N–H and O–H groups in total. The van der Waals surface area contributed by atoms with Crippen LogP contribution in [0.2, 0.25) is 0 Å². The molecule has 0 radical (unpaired) electrons. The Morgan fingerprint density at radius 3 is 0.732 bits per heavy atom. The van der Waals surface area contributed by atoms with Crippen molar-refractivity contribution in [3.8, 4) is 0 Å². The zero-order valence-electron chi connectivity index (χ0n) is 52.5. The number of anilines is 2. The lowest BCUT2D eigenvalue weighted by Crippen LogP contribution is -2.19. The van der Waals surface area contributed by atoms with E-state index >= 15 is 0 Å². The van der Waals surface area contributed by atoms with Gasteiger partial charge in [-0.1, -0.05) is 107 Å². The number of ether oxygens (including phenoxy) is 3. The predicted octanol–water partition coefficient (Wildman–Crippen LogP) is 9.14. The number of nitrogens with one attached hydrogen (secondary N) is 1. The third-order valence-corrected chi connectivity index (χ3v) is 87.3. The van der Waals surface area contributed by atoms with E-state index in [4.69, 9.17) is 50.5 Å². The monoisotopic (exact) mass is 2080 g/mol. The number of carbonyl (C=O) groups excluding carboxylic acids is 4. The first-order valence-electron chi connectivity index (χ1n) is 24.8. The van der Waals surface area contributed by atoms with Gasteiger partial charge in [0.15, 0.2) is 0 Å². The minimum atomic E-state index is -0.587. The summed E-state index contributed by atoms with van der Waals surface area (Å²) >= 11 is 19.0. The molecule has 11 nitrogen and oxygen atoms in total. The van der Waals surface area contributed by atoms with Crippen molar-refractivity contribution in [1.29, 1.82) is 0 Å². The van der Waals surface area contributed by atoms with E-state index in [0.717, 1.165) is 16.8 Å². The number of esters is 3. The Hall–Kier alpha value is 3.44. The number of benzene rings is 2. The van der Waals surface area contributed by atoms with Crippen molar-refractivity contribution in [2.45, 2.75) is 105 Å². The second kappa shape index (κ2) is 62.2. The molecule has 548 valence electrons. The molecule has 4 rings (SSSR count). The second-order valence-electron chi connectivity index (χ2n) is 19.9. The van der Waals surface area contributed by atoms with Gasteiger partial charge in [0.05, 0.1) is 21.3 Å². The van der Waals surface area contributed by atoms with Gasteiger partial charge in [-0.25, -0.2) is 24.4 Å². The highest BCUT2D eigenvalue weighted by molar-refractivity contribution is 8.80. The van der Waals surface area contributed by atoms with Gasteiger partial charge in [-0.05, 0) is 92.4 Å². The lowest BCUT2D eigenvalue weighted by atomic mass is 9.80. The number of pyridine rings is 2. The van der Waals surface area contributed by atoms with Gasteiger partial charge in [-0.15, -0.1) is 0 Å². The lowest BCUT2D eigenvalue weighted by Gasteiger charge is -2.26. The van der Waals surface area contributed by atoms with E-state index in [0.29, 0.717) is 5.69 Å². The quantitative estimate of drug-likeness (QED) is 0.111. The SMILES string of the molecule is CC(C)(C)c1cc(N)cc(C(C)(C)C)c1.COC(=O)c1cccc(C(=O)Nc2cc(C(C)(C)C)cc(C(C)(C)C)c2)n1.COC(=O)c1cccc(C(=O)OC)n1.S=S=S=S=S=S=S=S=S=S=S=S=S=S=S=S=S=S=S=S.S=S=S=S=S=S=S=S=S=S=S=S=S=S=S=S=S=S=S=S=S. The average molecular weight is 2080 g/mol. The van der Waals surface area contributed by atoms with E-state index in [2.05, 4.69) is 137 Å². The summed E-state index contributed by atoms with van der Waals surface area (Å²) in [4.78, 5) is 54.3. The number of nitrogen functional groups attached to an aromatic ring is 1. The number of nitrogens with zero attached hydrogens (tertiary/aromatic N) is 2. The van der Waals surface area contributed by atoms with Crippen LogP contribution in [0.5, 0.6) is 0 Å². The summed E-state index contributed by atoms with van der Waals surface area (Å²) in [5, 5.41) is 2.91. The zero-order chi connectivity index (χ0) is 73.0. The summed E-state index contributed by atoms with van der Waals surface area (Å²) < 4.78 is 13.6. The first kappa shape index (κ1) is 100. The van der Waals surface area contributed by atoms with Crippen LogP contribution >= 0.6 is 0 Å². The lowest BCUT2D eigenvalue weighted by molar-refractivity contribution is 0.0576. The van der Waals surface area contributed by atoms with Crippen LogP contribution in [0.3, 0.4) is 0 Å². The summed E-state index contributed by atoms with van der Waals surface area (Å²) in [6.07, 6.45) is 0. The largest absolute Gasteiger partial charge is 0.464 e. The predicted molar refractivity (Wildman–Crippen MR) is 525 cm³/mol. The van der Waals surface area contributed by atoms with Crippen molar-refractivity contribution in [3.05, 3.63) is 118 Å². The van der Waals surface area contributed by atoms with Crippen molar-refractivity contribution in [2.24, 2.45) is 0 Å². The Morgan fingerprint density at radius 1 is 0.330 bits per heavy atom. The molecule has 0 aliphatic carbocycles. The van der Waals surface area contributed by atoms with Crippen molar-refractivity contribution in [1.82, 2.24) is 9.97 Å². The summed E-state index contributed by atoms with van der Waals surface area (Å²) in [6, 6.07) is 21.7. The number of methoxy groups -OCH3 is 3. The number of carbonyl (C=O) groups is 4. The summed E-state index contributed by atoms with van der Waals surface area (Å²) in [5.41, 5.74) is 13.1. The van der Waals surface area contributed by atoms with Crippen LogP contribution in [0, 0.1) is 0 Å². The highest BCUT2D eigenvalue weighted by Crippen LogP contribution is 2.33. The van der Waals surface area contributed by atoms with Crippen LogP contribution in [-0.4, -0.2) is 55.1 Å². The maximum Gasteiger partial charge on any atom is 0.356 e. The zero-order valence-corrected chi connectivity index (χ0v) is 86.0. The Balaban J connectivity index is 0.00000121. The van der Waals surface area contributed by atoms with Crippen LogP contribution < -0.4 is 11.1 Å². The molecule has 0 saturated heterocycles. The van der Waals surface area contributed by atoms with E-state index in [1.54, 1.807) is 305 Å². The third-order valence-electron chi connectivity index (χ3n) is 9.50. The number of hydrogen-bond acceptors (Lipinski definition) is 14. The Morgan fingerprint density at radius 2 is 0.526 bits per heavy atom. The van der Waals surface area contributed by atoms with Crippen molar-refractivity contribution < 1.29 is 33.4 Å². The molecule has 0 aliphatic heterocycles. The molecule has 97 heavy (non-hydrogen) atoms. The van der Waals surface area contributed by atoms with Gasteiger partial charge in [-0.3, -0.25) is 4.79 Å². The molecule has 0 spiro atoms. The Labute approximate surface area is 693 Å². The van der Waals surface area contributed by atoms with E-state index in [-0.39, 0.29) is 50.3 Å². The van der Waals surface area contributed by atoms with E-state index in [1.807, 2.05) is 12.1 Å². The molecular weight excluding hydrogens is 2020 g/mol. The molecule has 0 fully saturated rings. The average Bonchev–Trinajstić information content (AvgIpc) is 0.821. The maximum atomic E-state index is 12.7. The van der Waals surface area contributed by atoms with Crippen LogP contribution in [0.1, 0.15) is 147 Å². The fraction of sp³-hybridized carbons (Fsp3) is 0.422. The third kappa shape index (κ3) is 53.8. The van der Waals surface area contributed by atoms with Crippen molar-refractivity contribution in [3.63, 3.8) is 0 Å². The number of nitrogens with two attached hydrogens (primary N) is 1.